The Kier molecular flexibility index (Phi) is 3.46. The molecule has 4 heteroatoms. The molecule has 2 heterocycles. The van der Waals surface area contributed by atoms with Crippen molar-refractivity contribution in [3.63, 3.8) is 0 Å². The summed E-state index contributed by atoms with van der Waals surface area (Å²) in [6.07, 6.45) is 3.51. The Morgan fingerprint density at radius 3 is 2.65 bits per heavy atom. The molecule has 1 aromatic carbocycles. The van der Waals surface area contributed by atoms with Crippen LogP contribution in [-0.2, 0) is 0 Å². The van der Waals surface area contributed by atoms with Gasteiger partial charge in [0.15, 0.2) is 11.6 Å². The van der Waals surface area contributed by atoms with E-state index in [9.17, 15) is 0 Å². The molecule has 0 aliphatic heterocycles. The molecule has 0 saturated carbocycles. The maximum absolute atomic E-state index is 5.42. The number of aromatic nitrogens is 2. The Morgan fingerprint density at radius 1 is 1.10 bits per heavy atom. The summed E-state index contributed by atoms with van der Waals surface area (Å²) in [6, 6.07) is 15.9. The van der Waals surface area contributed by atoms with Gasteiger partial charge in [-0.15, -0.1) is 0 Å². The zero-order valence-electron chi connectivity index (χ0n) is 11.2. The van der Waals surface area contributed by atoms with Gasteiger partial charge in [-0.3, -0.25) is 4.98 Å². The van der Waals surface area contributed by atoms with Crippen LogP contribution >= 0.6 is 0 Å². The van der Waals surface area contributed by atoms with Crippen LogP contribution in [0.5, 0.6) is 0 Å². The Bertz CT molecular complexity index is 664. The minimum atomic E-state index is 0.725. The van der Waals surface area contributed by atoms with E-state index in [1.54, 1.807) is 12.4 Å². The van der Waals surface area contributed by atoms with E-state index in [0.29, 0.717) is 0 Å². The molecule has 0 bridgehead atoms. The van der Waals surface area contributed by atoms with E-state index in [1.165, 1.54) is 0 Å². The monoisotopic (exact) mass is 265 g/mol. The van der Waals surface area contributed by atoms with Gasteiger partial charge >= 0.3 is 0 Å². The van der Waals surface area contributed by atoms with Crippen molar-refractivity contribution in [1.29, 1.82) is 0 Å². The number of hydrogen-bond donors (Lipinski definition) is 0. The zero-order chi connectivity index (χ0) is 13.8. The summed E-state index contributed by atoms with van der Waals surface area (Å²) in [5.41, 5.74) is 2.02. The van der Waals surface area contributed by atoms with Crippen molar-refractivity contribution in [2.75, 3.05) is 11.4 Å². The smallest absolute Gasteiger partial charge is 0.177 e. The van der Waals surface area contributed by atoms with Crippen molar-refractivity contribution in [3.05, 3.63) is 60.9 Å². The number of para-hydroxylation sites is 1. The quantitative estimate of drug-likeness (QED) is 0.717. The van der Waals surface area contributed by atoms with E-state index in [4.69, 9.17) is 4.52 Å². The highest BCUT2D eigenvalue weighted by molar-refractivity contribution is 5.65. The molecular weight excluding hydrogens is 250 g/mol. The topological polar surface area (TPSA) is 42.2 Å². The number of pyridine rings is 1. The largest absolute Gasteiger partial charge is 0.354 e. The van der Waals surface area contributed by atoms with Gasteiger partial charge in [0.25, 0.3) is 0 Å². The number of anilines is 2. The lowest BCUT2D eigenvalue weighted by atomic mass is 10.2. The van der Waals surface area contributed by atoms with Crippen molar-refractivity contribution in [2.45, 2.75) is 6.92 Å². The highest BCUT2D eigenvalue weighted by atomic mass is 16.5. The molecule has 0 aliphatic rings. The lowest BCUT2D eigenvalue weighted by Gasteiger charge is -2.19. The van der Waals surface area contributed by atoms with Crippen LogP contribution in [0.3, 0.4) is 0 Å². The van der Waals surface area contributed by atoms with E-state index in [-0.39, 0.29) is 0 Å². The molecule has 3 rings (SSSR count). The van der Waals surface area contributed by atoms with Crippen molar-refractivity contribution < 1.29 is 4.52 Å². The van der Waals surface area contributed by atoms with E-state index in [0.717, 1.165) is 29.4 Å². The number of rotatable bonds is 4. The maximum atomic E-state index is 5.42. The molecule has 0 saturated heterocycles. The first-order valence-electron chi connectivity index (χ1n) is 6.58. The highest BCUT2D eigenvalue weighted by Crippen LogP contribution is 2.28. The third-order valence-electron chi connectivity index (χ3n) is 3.10. The second-order valence-electron chi connectivity index (χ2n) is 4.37. The second kappa shape index (κ2) is 5.57. The first-order valence-corrected chi connectivity index (χ1v) is 6.58. The molecular formula is C16H15N3O. The summed E-state index contributed by atoms with van der Waals surface area (Å²) in [5.74, 6) is 1.53. The molecule has 4 nitrogen and oxygen atoms in total. The van der Waals surface area contributed by atoms with Crippen LogP contribution in [0.15, 0.2) is 65.4 Å². The van der Waals surface area contributed by atoms with Crippen LogP contribution in [0.2, 0.25) is 0 Å². The Labute approximate surface area is 117 Å². The Balaban J connectivity index is 1.93. The van der Waals surface area contributed by atoms with Gasteiger partial charge in [0.1, 0.15) is 0 Å². The van der Waals surface area contributed by atoms with Crippen LogP contribution in [0.1, 0.15) is 6.92 Å². The molecule has 0 spiro atoms. The Morgan fingerprint density at radius 2 is 1.95 bits per heavy atom. The Hall–Kier alpha value is -2.62. The van der Waals surface area contributed by atoms with Gasteiger partial charge in [-0.1, -0.05) is 23.4 Å². The number of benzene rings is 1. The lowest BCUT2D eigenvalue weighted by Crippen LogP contribution is -2.15. The predicted octanol–water partition coefficient (Wildman–Crippen LogP) is 3.89. The number of nitrogens with zero attached hydrogens (tertiary/aromatic N) is 3. The maximum Gasteiger partial charge on any atom is 0.177 e. The van der Waals surface area contributed by atoms with Crippen LogP contribution in [0, 0.1) is 0 Å². The summed E-state index contributed by atoms with van der Waals surface area (Å²) < 4.78 is 5.42. The molecule has 20 heavy (non-hydrogen) atoms. The van der Waals surface area contributed by atoms with Gasteiger partial charge < -0.3 is 9.42 Å². The summed E-state index contributed by atoms with van der Waals surface area (Å²) in [6.45, 7) is 2.91. The highest BCUT2D eigenvalue weighted by Gasteiger charge is 2.13. The van der Waals surface area contributed by atoms with Crippen molar-refractivity contribution in [2.24, 2.45) is 0 Å². The zero-order valence-corrected chi connectivity index (χ0v) is 11.2. The van der Waals surface area contributed by atoms with E-state index in [2.05, 4.69) is 34.1 Å². The normalized spacial score (nSPS) is 10.4. The minimum absolute atomic E-state index is 0.725. The molecule has 3 aromatic rings. The third-order valence-corrected chi connectivity index (χ3v) is 3.10. The fourth-order valence-corrected chi connectivity index (χ4v) is 2.12. The standard InChI is InChI=1S/C16H15N3O/c1-2-19(14-8-4-3-5-9-14)16-11-15(20-18-16)13-7-6-10-17-12-13/h3-12H,2H2,1H3. The van der Waals surface area contributed by atoms with Gasteiger partial charge in [0.05, 0.1) is 0 Å². The summed E-state index contributed by atoms with van der Waals surface area (Å²) in [4.78, 5) is 6.19. The van der Waals surface area contributed by atoms with Crippen molar-refractivity contribution >= 4 is 11.5 Å². The fraction of sp³-hybridized carbons (Fsp3) is 0.125. The molecule has 0 aliphatic carbocycles. The predicted molar refractivity (Wildman–Crippen MR) is 78.9 cm³/mol. The molecule has 2 aromatic heterocycles. The molecule has 0 amide bonds. The molecule has 0 fully saturated rings. The molecule has 0 radical (unpaired) electrons. The SMILES string of the molecule is CCN(c1ccccc1)c1cc(-c2cccnc2)on1. The van der Waals surface area contributed by atoms with E-state index < -0.39 is 0 Å². The second-order valence-corrected chi connectivity index (χ2v) is 4.37. The van der Waals surface area contributed by atoms with Crippen molar-refractivity contribution in [1.82, 2.24) is 10.1 Å². The number of hydrogen-bond acceptors (Lipinski definition) is 4. The lowest BCUT2D eigenvalue weighted by molar-refractivity contribution is 0.433. The third kappa shape index (κ3) is 2.40. The average Bonchev–Trinajstić information content (AvgIpc) is 3.00. The minimum Gasteiger partial charge on any atom is -0.354 e. The van der Waals surface area contributed by atoms with Crippen LogP contribution < -0.4 is 4.90 Å². The van der Waals surface area contributed by atoms with Gasteiger partial charge in [-0.25, -0.2) is 0 Å². The van der Waals surface area contributed by atoms with E-state index in [1.807, 2.05) is 36.4 Å². The average molecular weight is 265 g/mol. The first-order chi connectivity index (χ1) is 9.88. The van der Waals surface area contributed by atoms with Crippen LogP contribution in [0.25, 0.3) is 11.3 Å². The van der Waals surface area contributed by atoms with Gasteiger partial charge in [0, 0.05) is 36.3 Å². The van der Waals surface area contributed by atoms with Crippen LogP contribution in [0.4, 0.5) is 11.5 Å². The molecule has 0 atom stereocenters. The molecule has 0 N–H and O–H groups in total. The first kappa shape index (κ1) is 12.4. The van der Waals surface area contributed by atoms with Gasteiger partial charge in [-0.05, 0) is 31.2 Å². The summed E-state index contributed by atoms with van der Waals surface area (Å²) in [5, 5.41) is 4.16. The summed E-state index contributed by atoms with van der Waals surface area (Å²) in [7, 11) is 0. The van der Waals surface area contributed by atoms with E-state index >= 15 is 0 Å². The fourth-order valence-electron chi connectivity index (χ4n) is 2.12. The summed E-state index contributed by atoms with van der Waals surface area (Å²) >= 11 is 0. The molecule has 100 valence electrons. The van der Waals surface area contributed by atoms with Crippen LogP contribution in [-0.4, -0.2) is 16.7 Å². The molecule has 0 unspecified atom stereocenters. The van der Waals surface area contributed by atoms with Crippen molar-refractivity contribution in [3.8, 4) is 11.3 Å². The van der Waals surface area contributed by atoms with Gasteiger partial charge in [-0.2, -0.15) is 0 Å². The van der Waals surface area contributed by atoms with Gasteiger partial charge in [0.2, 0.25) is 0 Å².